The van der Waals surface area contributed by atoms with Crippen LogP contribution in [0.5, 0.6) is 0 Å². The number of aliphatic carboxylic acids is 1. The van der Waals surface area contributed by atoms with Crippen molar-refractivity contribution in [3.05, 3.63) is 41.5 Å². The summed E-state index contributed by atoms with van der Waals surface area (Å²) in [4.78, 5) is 12.4. The zero-order valence-electron chi connectivity index (χ0n) is 10.7. The van der Waals surface area contributed by atoms with Gasteiger partial charge in [0, 0.05) is 25.7 Å². The number of aliphatic hydroxyl groups excluding tert-OH is 2. The van der Waals surface area contributed by atoms with Gasteiger partial charge in [0.1, 0.15) is 0 Å². The molecular formula is C14H19NO4. The highest BCUT2D eigenvalue weighted by Gasteiger charge is 2.04. The summed E-state index contributed by atoms with van der Waals surface area (Å²) in [5.41, 5.74) is 1.82. The number of nitrogens with zero attached hydrogens (tertiary/aromatic N) is 1. The molecule has 1 aromatic carbocycles. The van der Waals surface area contributed by atoms with Crippen LogP contribution in [0.2, 0.25) is 0 Å². The number of aliphatic hydroxyl groups is 2. The Kier molecular flexibility index (Phi) is 6.81. The molecular weight excluding hydrogens is 246 g/mol. The van der Waals surface area contributed by atoms with Crippen LogP contribution in [0.4, 0.5) is 0 Å². The Bertz CT molecular complexity index is 425. The van der Waals surface area contributed by atoms with Crippen molar-refractivity contribution in [2.45, 2.75) is 6.54 Å². The van der Waals surface area contributed by atoms with Crippen LogP contribution >= 0.6 is 0 Å². The summed E-state index contributed by atoms with van der Waals surface area (Å²) in [6, 6.07) is 7.50. The molecule has 3 N–H and O–H groups in total. The number of benzene rings is 1. The maximum atomic E-state index is 10.5. The molecule has 0 saturated carbocycles. The molecule has 1 aromatic rings. The van der Waals surface area contributed by atoms with Crippen LogP contribution in [-0.2, 0) is 11.3 Å². The molecule has 0 aliphatic heterocycles. The van der Waals surface area contributed by atoms with Crippen LogP contribution in [0.3, 0.4) is 0 Å². The maximum Gasteiger partial charge on any atom is 0.328 e. The van der Waals surface area contributed by atoms with E-state index < -0.39 is 5.97 Å². The number of hydrogen-bond acceptors (Lipinski definition) is 4. The lowest BCUT2D eigenvalue weighted by Crippen LogP contribution is -2.29. The molecule has 0 bridgehead atoms. The molecule has 0 saturated heterocycles. The molecule has 0 fully saturated rings. The molecule has 19 heavy (non-hydrogen) atoms. The largest absolute Gasteiger partial charge is 0.478 e. The van der Waals surface area contributed by atoms with Gasteiger partial charge in [0.15, 0.2) is 0 Å². The quantitative estimate of drug-likeness (QED) is 0.599. The van der Waals surface area contributed by atoms with E-state index in [1.165, 1.54) is 6.08 Å². The smallest absolute Gasteiger partial charge is 0.328 e. The predicted octanol–water partition coefficient (Wildman–Crippen LogP) is 0.571. The highest BCUT2D eigenvalue weighted by atomic mass is 16.4. The third-order valence-corrected chi connectivity index (χ3v) is 2.61. The average Bonchev–Trinajstić information content (AvgIpc) is 2.37. The van der Waals surface area contributed by atoms with E-state index in [-0.39, 0.29) is 13.2 Å². The summed E-state index contributed by atoms with van der Waals surface area (Å²) in [5, 5.41) is 26.5. The van der Waals surface area contributed by atoms with Crippen molar-refractivity contribution < 1.29 is 20.1 Å². The molecule has 0 aliphatic rings. The Labute approximate surface area is 112 Å². The van der Waals surface area contributed by atoms with Crippen LogP contribution in [0.25, 0.3) is 6.08 Å². The second kappa shape index (κ2) is 8.42. The third kappa shape index (κ3) is 6.15. The van der Waals surface area contributed by atoms with Crippen LogP contribution in [0.15, 0.2) is 30.3 Å². The van der Waals surface area contributed by atoms with Gasteiger partial charge in [-0.2, -0.15) is 0 Å². The van der Waals surface area contributed by atoms with Gasteiger partial charge in [0.2, 0.25) is 0 Å². The van der Waals surface area contributed by atoms with Crippen LogP contribution < -0.4 is 0 Å². The normalized spacial score (nSPS) is 11.3. The summed E-state index contributed by atoms with van der Waals surface area (Å²) in [6.07, 6.45) is 2.63. The molecule has 0 heterocycles. The first-order chi connectivity index (χ1) is 9.15. The molecule has 0 aromatic heterocycles. The minimum absolute atomic E-state index is 0.0403. The second-order valence-corrected chi connectivity index (χ2v) is 4.14. The lowest BCUT2D eigenvalue weighted by Gasteiger charge is -2.20. The third-order valence-electron chi connectivity index (χ3n) is 2.61. The van der Waals surface area contributed by atoms with E-state index in [9.17, 15) is 4.79 Å². The standard InChI is InChI=1S/C14H19NO4/c16-8-6-15(7-9-17)11-13-3-1-2-12(10-13)4-5-14(18)19/h1-5,10,16-17H,6-9,11H2,(H,18,19)/b5-4+. The van der Waals surface area contributed by atoms with Crippen molar-refractivity contribution in [1.29, 1.82) is 0 Å². The van der Waals surface area contributed by atoms with Gasteiger partial charge in [-0.1, -0.05) is 24.3 Å². The van der Waals surface area contributed by atoms with E-state index in [2.05, 4.69) is 0 Å². The average molecular weight is 265 g/mol. The Hall–Kier alpha value is -1.69. The summed E-state index contributed by atoms with van der Waals surface area (Å²) in [6.45, 7) is 1.68. The Balaban J connectivity index is 2.72. The summed E-state index contributed by atoms with van der Waals surface area (Å²) >= 11 is 0. The van der Waals surface area contributed by atoms with Gasteiger partial charge in [0.05, 0.1) is 13.2 Å². The van der Waals surface area contributed by atoms with Crippen molar-refractivity contribution in [3.63, 3.8) is 0 Å². The van der Waals surface area contributed by atoms with Crippen molar-refractivity contribution in [3.8, 4) is 0 Å². The van der Waals surface area contributed by atoms with Gasteiger partial charge in [-0.15, -0.1) is 0 Å². The van der Waals surface area contributed by atoms with Crippen LogP contribution in [0.1, 0.15) is 11.1 Å². The summed E-state index contributed by atoms with van der Waals surface area (Å²) < 4.78 is 0. The molecule has 0 spiro atoms. The van der Waals surface area contributed by atoms with E-state index in [1.807, 2.05) is 29.2 Å². The number of rotatable bonds is 8. The van der Waals surface area contributed by atoms with E-state index >= 15 is 0 Å². The highest BCUT2D eigenvalue weighted by molar-refractivity contribution is 5.85. The minimum atomic E-state index is -0.979. The monoisotopic (exact) mass is 265 g/mol. The fraction of sp³-hybridized carbons (Fsp3) is 0.357. The molecule has 0 radical (unpaired) electrons. The molecule has 5 nitrogen and oxygen atoms in total. The van der Waals surface area contributed by atoms with Crippen molar-refractivity contribution in [2.75, 3.05) is 26.3 Å². The number of carboxylic acid groups (broad SMARTS) is 1. The van der Waals surface area contributed by atoms with E-state index in [1.54, 1.807) is 0 Å². The minimum Gasteiger partial charge on any atom is -0.478 e. The number of carboxylic acids is 1. The highest BCUT2D eigenvalue weighted by Crippen LogP contribution is 2.09. The van der Waals surface area contributed by atoms with E-state index in [4.69, 9.17) is 15.3 Å². The first-order valence-corrected chi connectivity index (χ1v) is 6.09. The molecule has 0 atom stereocenters. The first kappa shape index (κ1) is 15.4. The summed E-state index contributed by atoms with van der Waals surface area (Å²) in [7, 11) is 0. The summed E-state index contributed by atoms with van der Waals surface area (Å²) in [5.74, 6) is -0.979. The van der Waals surface area contributed by atoms with Crippen molar-refractivity contribution >= 4 is 12.0 Å². The molecule has 0 aliphatic carbocycles. The lowest BCUT2D eigenvalue weighted by molar-refractivity contribution is -0.131. The van der Waals surface area contributed by atoms with Gasteiger partial charge in [-0.25, -0.2) is 4.79 Å². The molecule has 5 heteroatoms. The first-order valence-electron chi connectivity index (χ1n) is 6.09. The van der Waals surface area contributed by atoms with E-state index in [0.717, 1.165) is 17.2 Å². The van der Waals surface area contributed by atoms with Gasteiger partial charge in [-0.3, -0.25) is 4.90 Å². The van der Waals surface area contributed by atoms with Gasteiger partial charge < -0.3 is 15.3 Å². The SMILES string of the molecule is O=C(O)/C=C/c1cccc(CN(CCO)CCO)c1. The van der Waals surface area contributed by atoms with Crippen LogP contribution in [0, 0.1) is 0 Å². The second-order valence-electron chi connectivity index (χ2n) is 4.14. The zero-order chi connectivity index (χ0) is 14.1. The van der Waals surface area contributed by atoms with E-state index in [0.29, 0.717) is 19.6 Å². The Morgan fingerprint density at radius 2 is 1.89 bits per heavy atom. The fourth-order valence-corrected chi connectivity index (χ4v) is 1.77. The molecule has 1 rings (SSSR count). The maximum absolute atomic E-state index is 10.5. The topological polar surface area (TPSA) is 81.0 Å². The number of hydrogen-bond donors (Lipinski definition) is 3. The number of carbonyl (C=O) groups is 1. The van der Waals surface area contributed by atoms with Crippen LogP contribution in [-0.4, -0.2) is 52.5 Å². The van der Waals surface area contributed by atoms with Gasteiger partial charge >= 0.3 is 5.97 Å². The molecule has 0 unspecified atom stereocenters. The predicted molar refractivity (Wildman–Crippen MR) is 72.6 cm³/mol. The Morgan fingerprint density at radius 1 is 1.21 bits per heavy atom. The molecule has 0 amide bonds. The lowest BCUT2D eigenvalue weighted by atomic mass is 10.1. The van der Waals surface area contributed by atoms with Crippen molar-refractivity contribution in [2.24, 2.45) is 0 Å². The molecule has 104 valence electrons. The fourth-order valence-electron chi connectivity index (χ4n) is 1.77. The van der Waals surface area contributed by atoms with Crippen molar-refractivity contribution in [1.82, 2.24) is 4.90 Å². The zero-order valence-corrected chi connectivity index (χ0v) is 10.7. The van der Waals surface area contributed by atoms with Gasteiger partial charge in [0.25, 0.3) is 0 Å². The Morgan fingerprint density at radius 3 is 2.47 bits per heavy atom. The van der Waals surface area contributed by atoms with Gasteiger partial charge in [-0.05, 0) is 17.2 Å².